The maximum absolute atomic E-state index is 12.5. The molecule has 0 aliphatic carbocycles. The SMILES string of the molecule is COc1cccc(OC)c1C(=O)OCc1cc(Cl)c2c(c1)OCCO2. The Bertz CT molecular complexity index is 767. The molecule has 0 saturated carbocycles. The minimum atomic E-state index is -0.555. The molecule has 0 fully saturated rings. The molecule has 0 bridgehead atoms. The summed E-state index contributed by atoms with van der Waals surface area (Å²) in [5, 5.41) is 0.415. The topological polar surface area (TPSA) is 63.2 Å². The van der Waals surface area contributed by atoms with Gasteiger partial charge in [0.2, 0.25) is 0 Å². The molecule has 1 aliphatic heterocycles. The predicted molar refractivity (Wildman–Crippen MR) is 91.1 cm³/mol. The number of esters is 1. The molecule has 1 heterocycles. The zero-order chi connectivity index (χ0) is 17.8. The summed E-state index contributed by atoms with van der Waals surface area (Å²) in [4.78, 5) is 12.5. The van der Waals surface area contributed by atoms with E-state index in [1.165, 1.54) is 14.2 Å². The Balaban J connectivity index is 1.78. The summed E-state index contributed by atoms with van der Waals surface area (Å²) in [6.07, 6.45) is 0. The monoisotopic (exact) mass is 364 g/mol. The van der Waals surface area contributed by atoms with E-state index in [9.17, 15) is 4.79 Å². The number of rotatable bonds is 5. The third kappa shape index (κ3) is 3.58. The lowest BCUT2D eigenvalue weighted by Crippen LogP contribution is -2.16. The van der Waals surface area contributed by atoms with E-state index in [0.29, 0.717) is 46.8 Å². The first kappa shape index (κ1) is 17.2. The maximum atomic E-state index is 12.5. The van der Waals surface area contributed by atoms with Crippen molar-refractivity contribution in [3.63, 3.8) is 0 Å². The molecular weight excluding hydrogens is 348 g/mol. The molecule has 132 valence electrons. The zero-order valence-corrected chi connectivity index (χ0v) is 14.6. The number of halogens is 1. The highest BCUT2D eigenvalue weighted by Crippen LogP contribution is 2.38. The Labute approximate surface area is 150 Å². The van der Waals surface area contributed by atoms with Crippen LogP contribution in [0.3, 0.4) is 0 Å². The minimum Gasteiger partial charge on any atom is -0.496 e. The molecule has 3 rings (SSSR count). The molecule has 0 amide bonds. The Morgan fingerprint density at radius 2 is 1.80 bits per heavy atom. The van der Waals surface area contributed by atoms with Gasteiger partial charge in [0.05, 0.1) is 19.2 Å². The number of ether oxygens (including phenoxy) is 5. The van der Waals surface area contributed by atoms with E-state index in [2.05, 4.69) is 0 Å². The third-order valence-corrected chi connectivity index (χ3v) is 3.94. The molecule has 0 spiro atoms. The van der Waals surface area contributed by atoms with Gasteiger partial charge in [-0.3, -0.25) is 0 Å². The van der Waals surface area contributed by atoms with Crippen molar-refractivity contribution in [3.8, 4) is 23.0 Å². The average molecular weight is 365 g/mol. The fourth-order valence-electron chi connectivity index (χ4n) is 2.52. The van der Waals surface area contributed by atoms with Crippen molar-refractivity contribution in [2.24, 2.45) is 0 Å². The first-order valence-corrected chi connectivity index (χ1v) is 7.98. The molecule has 25 heavy (non-hydrogen) atoms. The van der Waals surface area contributed by atoms with Crippen molar-refractivity contribution in [1.82, 2.24) is 0 Å². The average Bonchev–Trinajstić information content (AvgIpc) is 2.65. The van der Waals surface area contributed by atoms with Gasteiger partial charge in [-0.1, -0.05) is 17.7 Å². The van der Waals surface area contributed by atoms with Gasteiger partial charge in [-0.15, -0.1) is 0 Å². The highest BCUT2D eigenvalue weighted by atomic mass is 35.5. The summed E-state index contributed by atoms with van der Waals surface area (Å²) >= 11 is 6.19. The Kier molecular flexibility index (Phi) is 5.19. The van der Waals surface area contributed by atoms with Gasteiger partial charge in [0.25, 0.3) is 0 Å². The molecule has 0 aromatic heterocycles. The number of hydrogen-bond acceptors (Lipinski definition) is 6. The molecule has 0 unspecified atom stereocenters. The van der Waals surface area contributed by atoms with Crippen molar-refractivity contribution < 1.29 is 28.5 Å². The molecule has 1 aliphatic rings. The number of carbonyl (C=O) groups excluding carboxylic acids is 1. The second-order valence-corrected chi connectivity index (χ2v) is 5.62. The van der Waals surface area contributed by atoms with Crippen LogP contribution in [0.1, 0.15) is 15.9 Å². The lowest BCUT2D eigenvalue weighted by molar-refractivity contribution is 0.0464. The summed E-state index contributed by atoms with van der Waals surface area (Å²) in [5.74, 6) is 1.25. The summed E-state index contributed by atoms with van der Waals surface area (Å²) in [6, 6.07) is 8.49. The summed E-state index contributed by atoms with van der Waals surface area (Å²) in [6.45, 7) is 0.927. The molecule has 0 radical (unpaired) electrons. The van der Waals surface area contributed by atoms with Gasteiger partial charge in [-0.2, -0.15) is 0 Å². The standard InChI is InChI=1S/C18H17ClO6/c1-21-13-4-3-5-14(22-2)16(13)18(20)25-10-11-8-12(19)17-15(9-11)23-6-7-24-17/h3-5,8-9H,6-7,10H2,1-2H3. The Hall–Kier alpha value is -2.60. The van der Waals surface area contributed by atoms with Gasteiger partial charge in [0, 0.05) is 0 Å². The highest BCUT2D eigenvalue weighted by molar-refractivity contribution is 6.32. The van der Waals surface area contributed by atoms with Gasteiger partial charge in [0.1, 0.15) is 36.9 Å². The van der Waals surface area contributed by atoms with Crippen molar-refractivity contribution in [1.29, 1.82) is 0 Å². The fourth-order valence-corrected chi connectivity index (χ4v) is 2.81. The number of carbonyl (C=O) groups is 1. The van der Waals surface area contributed by atoms with Crippen LogP contribution in [0.15, 0.2) is 30.3 Å². The summed E-state index contributed by atoms with van der Waals surface area (Å²) in [5.41, 5.74) is 0.924. The number of fused-ring (bicyclic) bond motifs is 1. The Morgan fingerprint density at radius 1 is 1.12 bits per heavy atom. The molecule has 7 heteroatoms. The van der Waals surface area contributed by atoms with Crippen LogP contribution in [-0.2, 0) is 11.3 Å². The van der Waals surface area contributed by atoms with E-state index >= 15 is 0 Å². The molecule has 2 aromatic carbocycles. The van der Waals surface area contributed by atoms with Gasteiger partial charge < -0.3 is 23.7 Å². The summed E-state index contributed by atoms with van der Waals surface area (Å²) < 4.78 is 26.8. The minimum absolute atomic E-state index is 0.0242. The van der Waals surface area contributed by atoms with Crippen LogP contribution in [0.5, 0.6) is 23.0 Å². The predicted octanol–water partition coefficient (Wildman–Crippen LogP) is 3.49. The van der Waals surface area contributed by atoms with Crippen LogP contribution in [0.4, 0.5) is 0 Å². The van der Waals surface area contributed by atoms with Gasteiger partial charge in [-0.25, -0.2) is 4.79 Å². The van der Waals surface area contributed by atoms with E-state index in [1.807, 2.05) is 0 Å². The lowest BCUT2D eigenvalue weighted by atomic mass is 10.1. The quantitative estimate of drug-likeness (QED) is 0.757. The van der Waals surface area contributed by atoms with Gasteiger partial charge >= 0.3 is 5.97 Å². The molecule has 0 saturated heterocycles. The van der Waals surface area contributed by atoms with E-state index in [4.69, 9.17) is 35.3 Å². The maximum Gasteiger partial charge on any atom is 0.346 e. The first-order chi connectivity index (χ1) is 12.1. The summed E-state index contributed by atoms with van der Waals surface area (Å²) in [7, 11) is 2.96. The number of hydrogen-bond donors (Lipinski definition) is 0. The fraction of sp³-hybridized carbons (Fsp3) is 0.278. The highest BCUT2D eigenvalue weighted by Gasteiger charge is 2.21. The second-order valence-electron chi connectivity index (χ2n) is 5.22. The van der Waals surface area contributed by atoms with Crippen molar-refractivity contribution >= 4 is 17.6 Å². The zero-order valence-electron chi connectivity index (χ0n) is 13.8. The molecule has 0 N–H and O–H groups in total. The smallest absolute Gasteiger partial charge is 0.346 e. The Morgan fingerprint density at radius 3 is 2.48 bits per heavy atom. The molecule has 2 aromatic rings. The molecule has 6 nitrogen and oxygen atoms in total. The first-order valence-electron chi connectivity index (χ1n) is 7.60. The van der Waals surface area contributed by atoms with Crippen LogP contribution in [0, 0.1) is 0 Å². The van der Waals surface area contributed by atoms with Gasteiger partial charge in [0.15, 0.2) is 11.5 Å². The van der Waals surface area contributed by atoms with Crippen LogP contribution < -0.4 is 18.9 Å². The third-order valence-electron chi connectivity index (χ3n) is 3.66. The molecule has 0 atom stereocenters. The van der Waals surface area contributed by atoms with Crippen LogP contribution in [0.25, 0.3) is 0 Å². The van der Waals surface area contributed by atoms with Crippen molar-refractivity contribution in [3.05, 3.63) is 46.5 Å². The largest absolute Gasteiger partial charge is 0.496 e. The van der Waals surface area contributed by atoms with Crippen molar-refractivity contribution in [2.45, 2.75) is 6.61 Å². The van der Waals surface area contributed by atoms with Crippen LogP contribution in [0.2, 0.25) is 5.02 Å². The van der Waals surface area contributed by atoms with Crippen molar-refractivity contribution in [2.75, 3.05) is 27.4 Å². The van der Waals surface area contributed by atoms with E-state index in [1.54, 1.807) is 30.3 Å². The second kappa shape index (κ2) is 7.53. The van der Waals surface area contributed by atoms with Crippen LogP contribution in [-0.4, -0.2) is 33.4 Å². The lowest BCUT2D eigenvalue weighted by Gasteiger charge is -2.20. The number of benzene rings is 2. The van der Waals surface area contributed by atoms with E-state index < -0.39 is 5.97 Å². The van der Waals surface area contributed by atoms with E-state index in [-0.39, 0.29) is 12.2 Å². The van der Waals surface area contributed by atoms with E-state index in [0.717, 1.165) is 0 Å². The number of methoxy groups -OCH3 is 2. The molecular formula is C18H17ClO6. The van der Waals surface area contributed by atoms with Crippen LogP contribution >= 0.6 is 11.6 Å². The normalized spacial score (nSPS) is 12.4. The van der Waals surface area contributed by atoms with Gasteiger partial charge in [-0.05, 0) is 29.8 Å².